The first-order valence-corrected chi connectivity index (χ1v) is 4.82. The topological polar surface area (TPSA) is 25.8 Å². The molecule has 0 amide bonds. The first-order valence-electron chi connectivity index (χ1n) is 4.82. The van der Waals surface area contributed by atoms with Crippen molar-refractivity contribution in [2.45, 2.75) is 0 Å². The van der Waals surface area contributed by atoms with Crippen LogP contribution in [0.2, 0.25) is 0 Å². The van der Waals surface area contributed by atoms with Crippen LogP contribution in [0.5, 0.6) is 0 Å². The zero-order valence-electron chi connectivity index (χ0n) is 8.60. The minimum atomic E-state index is -0.323. The van der Waals surface area contributed by atoms with Crippen LogP contribution < -0.4 is 0 Å². The third kappa shape index (κ3) is 2.14. The van der Waals surface area contributed by atoms with Crippen LogP contribution in [0, 0.1) is 6.92 Å². The summed E-state index contributed by atoms with van der Waals surface area (Å²) in [5, 5.41) is 0. The Kier molecular flexibility index (Phi) is 3.05. The molecule has 0 fully saturated rings. The highest BCUT2D eigenvalue weighted by Gasteiger charge is 2.00. The number of rotatable bonds is 2. The fourth-order valence-corrected chi connectivity index (χ4v) is 1.39. The largest absolute Gasteiger partial charge is 0.244 e. The van der Waals surface area contributed by atoms with Gasteiger partial charge in [-0.2, -0.15) is 0 Å². The van der Waals surface area contributed by atoms with E-state index in [0.717, 1.165) is 11.1 Å². The Morgan fingerprint density at radius 1 is 1.06 bits per heavy atom. The Balaban J connectivity index is 2.34. The van der Waals surface area contributed by atoms with Gasteiger partial charge in [0.2, 0.25) is 0 Å². The van der Waals surface area contributed by atoms with E-state index in [9.17, 15) is 4.39 Å². The number of hydrogen-bond acceptors (Lipinski definition) is 2. The first kappa shape index (κ1) is 10.5. The normalized spacial score (nSPS) is 11.5. The van der Waals surface area contributed by atoms with Gasteiger partial charge in [0, 0.05) is 23.5 Å². The van der Waals surface area contributed by atoms with E-state index >= 15 is 0 Å². The first-order chi connectivity index (χ1) is 7.81. The van der Waals surface area contributed by atoms with Crippen LogP contribution in [0.1, 0.15) is 5.56 Å². The predicted molar refractivity (Wildman–Crippen MR) is 61.9 cm³/mol. The molecule has 0 bridgehead atoms. The minimum absolute atomic E-state index is 0.323. The lowest BCUT2D eigenvalue weighted by molar-refractivity contribution is 0.760. The standard InChI is InChI=1S/C13H10FN2/c1-2-13(14)11-5-3-10(4-6-11)12-7-15-9-16-8-12/h2-9H,1H2/b13-2+. The number of nitrogens with zero attached hydrogens (tertiary/aromatic N) is 2. The van der Waals surface area contributed by atoms with Gasteiger partial charge in [0.15, 0.2) is 0 Å². The van der Waals surface area contributed by atoms with Gasteiger partial charge in [-0.3, -0.25) is 0 Å². The molecular formula is C13H10FN2. The van der Waals surface area contributed by atoms with Crippen molar-refractivity contribution in [3.05, 3.63) is 61.5 Å². The Bertz CT molecular complexity index is 489. The second-order valence-electron chi connectivity index (χ2n) is 3.26. The van der Waals surface area contributed by atoms with Crippen LogP contribution in [0.4, 0.5) is 4.39 Å². The number of hydrogen-bond donors (Lipinski definition) is 0. The van der Waals surface area contributed by atoms with Crippen molar-refractivity contribution in [2.75, 3.05) is 0 Å². The molecule has 0 aliphatic rings. The zero-order valence-corrected chi connectivity index (χ0v) is 8.60. The summed E-state index contributed by atoms with van der Waals surface area (Å²) in [6.45, 7) is 3.39. The molecule has 3 heteroatoms. The Labute approximate surface area is 93.5 Å². The van der Waals surface area contributed by atoms with Crippen molar-refractivity contribution in [3.63, 3.8) is 0 Å². The molecule has 0 unspecified atom stereocenters. The Morgan fingerprint density at radius 3 is 2.25 bits per heavy atom. The molecule has 2 nitrogen and oxygen atoms in total. The fraction of sp³-hybridized carbons (Fsp3) is 0. The van der Waals surface area contributed by atoms with Crippen molar-refractivity contribution in [1.29, 1.82) is 0 Å². The molecular weight excluding hydrogens is 203 g/mol. The highest BCUT2D eigenvalue weighted by atomic mass is 19.1. The van der Waals surface area contributed by atoms with E-state index in [0.29, 0.717) is 5.56 Å². The van der Waals surface area contributed by atoms with Crippen molar-refractivity contribution in [2.24, 2.45) is 0 Å². The second-order valence-corrected chi connectivity index (χ2v) is 3.26. The lowest BCUT2D eigenvalue weighted by atomic mass is 10.1. The van der Waals surface area contributed by atoms with Gasteiger partial charge in [0.05, 0.1) is 0 Å². The summed E-state index contributed by atoms with van der Waals surface area (Å²) in [5.41, 5.74) is 2.39. The summed E-state index contributed by atoms with van der Waals surface area (Å²) in [7, 11) is 0. The Hall–Kier alpha value is -2.03. The van der Waals surface area contributed by atoms with E-state index in [1.807, 2.05) is 12.1 Å². The Morgan fingerprint density at radius 2 is 1.69 bits per heavy atom. The average molecular weight is 213 g/mol. The lowest BCUT2D eigenvalue weighted by Crippen LogP contribution is -1.83. The fourth-order valence-electron chi connectivity index (χ4n) is 1.39. The molecule has 16 heavy (non-hydrogen) atoms. The van der Waals surface area contributed by atoms with E-state index in [1.54, 1.807) is 24.5 Å². The number of allylic oxidation sites excluding steroid dienone is 1. The van der Waals surface area contributed by atoms with E-state index in [4.69, 9.17) is 0 Å². The molecule has 0 atom stereocenters. The third-order valence-corrected chi connectivity index (χ3v) is 2.23. The molecule has 1 aromatic heterocycles. The summed E-state index contributed by atoms with van der Waals surface area (Å²) in [5.74, 6) is -0.323. The quantitative estimate of drug-likeness (QED) is 0.765. The lowest BCUT2D eigenvalue weighted by Gasteiger charge is -2.01. The van der Waals surface area contributed by atoms with Crippen LogP contribution in [0.15, 0.2) is 49.1 Å². The molecule has 1 radical (unpaired) electrons. The van der Waals surface area contributed by atoms with Crippen molar-refractivity contribution < 1.29 is 4.39 Å². The summed E-state index contributed by atoms with van der Waals surface area (Å²) >= 11 is 0. The molecule has 2 rings (SSSR count). The van der Waals surface area contributed by atoms with Crippen molar-refractivity contribution in [3.8, 4) is 11.1 Å². The van der Waals surface area contributed by atoms with Crippen LogP contribution >= 0.6 is 0 Å². The highest BCUT2D eigenvalue weighted by molar-refractivity contribution is 5.66. The number of benzene rings is 1. The SMILES string of the molecule is [CH2]/C=C(/F)c1ccc(-c2cncnc2)cc1. The van der Waals surface area contributed by atoms with Gasteiger partial charge >= 0.3 is 0 Å². The van der Waals surface area contributed by atoms with Gasteiger partial charge in [-0.05, 0) is 18.6 Å². The molecule has 2 aromatic rings. The molecule has 79 valence electrons. The number of halogens is 1. The van der Waals surface area contributed by atoms with Gasteiger partial charge in [0.1, 0.15) is 12.2 Å². The molecule has 0 aliphatic carbocycles. The van der Waals surface area contributed by atoms with Crippen LogP contribution in [0.3, 0.4) is 0 Å². The number of aromatic nitrogens is 2. The van der Waals surface area contributed by atoms with E-state index in [-0.39, 0.29) is 5.83 Å². The molecule has 0 saturated heterocycles. The molecule has 0 N–H and O–H groups in total. The monoisotopic (exact) mass is 213 g/mol. The van der Waals surface area contributed by atoms with Gasteiger partial charge < -0.3 is 0 Å². The molecule has 0 saturated carbocycles. The maximum atomic E-state index is 13.2. The summed E-state index contributed by atoms with van der Waals surface area (Å²) in [6, 6.07) is 7.08. The van der Waals surface area contributed by atoms with Gasteiger partial charge in [-0.15, -0.1) is 0 Å². The minimum Gasteiger partial charge on any atom is -0.244 e. The van der Waals surface area contributed by atoms with Crippen LogP contribution in [0.25, 0.3) is 17.0 Å². The zero-order chi connectivity index (χ0) is 11.4. The predicted octanol–water partition coefficient (Wildman–Crippen LogP) is 3.29. The van der Waals surface area contributed by atoms with Gasteiger partial charge in [-0.25, -0.2) is 14.4 Å². The molecule has 0 aliphatic heterocycles. The second kappa shape index (κ2) is 4.66. The van der Waals surface area contributed by atoms with Crippen LogP contribution in [-0.4, -0.2) is 9.97 Å². The van der Waals surface area contributed by atoms with Gasteiger partial charge in [-0.1, -0.05) is 24.3 Å². The summed E-state index contributed by atoms with van der Waals surface area (Å²) < 4.78 is 13.2. The van der Waals surface area contributed by atoms with Crippen molar-refractivity contribution >= 4 is 5.83 Å². The third-order valence-electron chi connectivity index (χ3n) is 2.23. The average Bonchev–Trinajstić information content (AvgIpc) is 2.39. The van der Waals surface area contributed by atoms with E-state index in [1.165, 1.54) is 12.4 Å². The highest BCUT2D eigenvalue weighted by Crippen LogP contribution is 2.21. The maximum absolute atomic E-state index is 13.2. The maximum Gasteiger partial charge on any atom is 0.126 e. The smallest absolute Gasteiger partial charge is 0.126 e. The van der Waals surface area contributed by atoms with E-state index in [2.05, 4.69) is 16.9 Å². The molecule has 1 aromatic carbocycles. The van der Waals surface area contributed by atoms with Crippen molar-refractivity contribution in [1.82, 2.24) is 9.97 Å². The van der Waals surface area contributed by atoms with Gasteiger partial charge in [0.25, 0.3) is 0 Å². The van der Waals surface area contributed by atoms with Crippen LogP contribution in [-0.2, 0) is 0 Å². The summed E-state index contributed by atoms with van der Waals surface area (Å²) in [6.07, 6.45) is 6.11. The van der Waals surface area contributed by atoms with E-state index < -0.39 is 0 Å². The summed E-state index contributed by atoms with van der Waals surface area (Å²) in [4.78, 5) is 7.86. The molecule has 1 heterocycles. The molecule has 0 spiro atoms.